The van der Waals surface area contributed by atoms with E-state index in [1.54, 1.807) is 0 Å². The standard InChI is InChI=1S/C10H9N3O4/c1-17-10(14)6-12-9-4-8(13(15)16)3-2-7(9)5-11/h2-4,12H,6H2,1H3. The molecule has 7 nitrogen and oxygen atoms in total. The maximum absolute atomic E-state index is 10.9. The van der Waals surface area contributed by atoms with Gasteiger partial charge in [-0.15, -0.1) is 0 Å². The van der Waals surface area contributed by atoms with Crippen LogP contribution in [0.1, 0.15) is 5.56 Å². The van der Waals surface area contributed by atoms with Crippen LogP contribution in [-0.2, 0) is 9.53 Å². The lowest BCUT2D eigenvalue weighted by atomic mass is 10.1. The van der Waals surface area contributed by atoms with Crippen LogP contribution in [0.2, 0.25) is 0 Å². The van der Waals surface area contributed by atoms with Gasteiger partial charge in [0.05, 0.1) is 23.3 Å². The monoisotopic (exact) mass is 235 g/mol. The summed E-state index contributed by atoms with van der Waals surface area (Å²) in [6.07, 6.45) is 0. The number of non-ortho nitro benzene ring substituents is 1. The molecule has 17 heavy (non-hydrogen) atoms. The van der Waals surface area contributed by atoms with Gasteiger partial charge in [0.15, 0.2) is 0 Å². The van der Waals surface area contributed by atoms with Crippen molar-refractivity contribution in [2.24, 2.45) is 0 Å². The Hall–Kier alpha value is -2.62. The summed E-state index contributed by atoms with van der Waals surface area (Å²) in [5, 5.41) is 22.0. The number of methoxy groups -OCH3 is 1. The highest BCUT2D eigenvalue weighted by Gasteiger charge is 2.11. The minimum absolute atomic E-state index is 0.156. The Bertz CT molecular complexity index is 493. The highest BCUT2D eigenvalue weighted by atomic mass is 16.6. The lowest BCUT2D eigenvalue weighted by Gasteiger charge is -2.06. The molecule has 0 saturated carbocycles. The number of hydrogen-bond acceptors (Lipinski definition) is 6. The van der Waals surface area contributed by atoms with E-state index in [-0.39, 0.29) is 23.5 Å². The first-order valence-electron chi connectivity index (χ1n) is 4.57. The third-order valence-electron chi connectivity index (χ3n) is 1.99. The Kier molecular flexibility index (Phi) is 4.00. The predicted molar refractivity (Wildman–Crippen MR) is 58.3 cm³/mol. The molecule has 0 amide bonds. The molecule has 0 fully saturated rings. The molecule has 1 N–H and O–H groups in total. The molecule has 0 aliphatic rings. The van der Waals surface area contributed by atoms with Crippen molar-refractivity contribution >= 4 is 17.3 Å². The van der Waals surface area contributed by atoms with E-state index < -0.39 is 10.9 Å². The number of nitrogens with one attached hydrogen (secondary N) is 1. The van der Waals surface area contributed by atoms with Crippen molar-refractivity contribution in [1.29, 1.82) is 5.26 Å². The Morgan fingerprint density at radius 1 is 1.65 bits per heavy atom. The molecule has 0 bridgehead atoms. The van der Waals surface area contributed by atoms with Crippen molar-refractivity contribution in [3.8, 4) is 6.07 Å². The van der Waals surface area contributed by atoms with E-state index in [1.807, 2.05) is 6.07 Å². The minimum Gasteiger partial charge on any atom is -0.468 e. The van der Waals surface area contributed by atoms with Gasteiger partial charge >= 0.3 is 5.97 Å². The van der Waals surface area contributed by atoms with E-state index in [0.29, 0.717) is 0 Å². The molecule has 88 valence electrons. The van der Waals surface area contributed by atoms with Gasteiger partial charge in [0.25, 0.3) is 5.69 Å². The van der Waals surface area contributed by atoms with Gasteiger partial charge in [0.2, 0.25) is 0 Å². The first-order valence-corrected chi connectivity index (χ1v) is 4.57. The molecule has 1 aromatic rings. The Balaban J connectivity index is 2.95. The van der Waals surface area contributed by atoms with Crippen LogP contribution >= 0.6 is 0 Å². The van der Waals surface area contributed by atoms with Crippen LogP contribution in [-0.4, -0.2) is 24.5 Å². The zero-order chi connectivity index (χ0) is 12.8. The number of rotatable bonds is 4. The average molecular weight is 235 g/mol. The molecule has 0 atom stereocenters. The molecule has 0 saturated heterocycles. The summed E-state index contributed by atoms with van der Waals surface area (Å²) < 4.78 is 4.40. The molecule has 0 aliphatic carbocycles. The van der Waals surface area contributed by atoms with E-state index in [4.69, 9.17) is 5.26 Å². The lowest BCUT2D eigenvalue weighted by molar-refractivity contribution is -0.384. The SMILES string of the molecule is COC(=O)CNc1cc([N+](=O)[O-])ccc1C#N. The number of nitro benzene ring substituents is 1. The van der Waals surface area contributed by atoms with Crippen LogP contribution in [0.4, 0.5) is 11.4 Å². The zero-order valence-electron chi connectivity index (χ0n) is 8.97. The third-order valence-corrected chi connectivity index (χ3v) is 1.99. The largest absolute Gasteiger partial charge is 0.468 e. The maximum atomic E-state index is 10.9. The first-order chi connectivity index (χ1) is 8.08. The number of carbonyl (C=O) groups excluding carboxylic acids is 1. The molecule has 0 heterocycles. The third kappa shape index (κ3) is 3.17. The number of nitro groups is 1. The van der Waals surface area contributed by atoms with E-state index in [9.17, 15) is 14.9 Å². The molecule has 7 heteroatoms. The zero-order valence-corrected chi connectivity index (χ0v) is 8.97. The highest BCUT2D eigenvalue weighted by Crippen LogP contribution is 2.21. The summed E-state index contributed by atoms with van der Waals surface area (Å²) in [4.78, 5) is 20.9. The fraction of sp³-hybridized carbons (Fsp3) is 0.200. The number of nitriles is 1. The van der Waals surface area contributed by atoms with Crippen LogP contribution in [0.3, 0.4) is 0 Å². The van der Waals surface area contributed by atoms with Crippen molar-refractivity contribution in [2.75, 3.05) is 19.0 Å². The predicted octanol–water partition coefficient (Wildman–Crippen LogP) is 1.05. The highest BCUT2D eigenvalue weighted by molar-refractivity contribution is 5.76. The van der Waals surface area contributed by atoms with Crippen molar-refractivity contribution in [1.82, 2.24) is 0 Å². The first kappa shape index (κ1) is 12.4. The fourth-order valence-electron chi connectivity index (χ4n) is 1.13. The van der Waals surface area contributed by atoms with Gasteiger partial charge in [-0.3, -0.25) is 14.9 Å². The van der Waals surface area contributed by atoms with Gasteiger partial charge in [0.1, 0.15) is 12.6 Å². The second kappa shape index (κ2) is 5.46. The lowest BCUT2D eigenvalue weighted by Crippen LogP contribution is -2.15. The van der Waals surface area contributed by atoms with Gasteiger partial charge in [-0.2, -0.15) is 5.26 Å². The van der Waals surface area contributed by atoms with Gasteiger partial charge in [-0.05, 0) is 6.07 Å². The number of benzene rings is 1. The van der Waals surface area contributed by atoms with E-state index >= 15 is 0 Å². The number of anilines is 1. The summed E-state index contributed by atoms with van der Waals surface area (Å²) in [5.41, 5.74) is 0.294. The fourth-order valence-corrected chi connectivity index (χ4v) is 1.13. The summed E-state index contributed by atoms with van der Waals surface area (Å²) in [7, 11) is 1.22. The molecule has 1 rings (SSSR count). The average Bonchev–Trinajstić information content (AvgIpc) is 2.35. The maximum Gasteiger partial charge on any atom is 0.325 e. The summed E-state index contributed by atoms with van der Waals surface area (Å²) in [6.45, 7) is -0.160. The molecular formula is C10H9N3O4. The van der Waals surface area contributed by atoms with E-state index in [2.05, 4.69) is 10.1 Å². The minimum atomic E-state index is -0.579. The summed E-state index contributed by atoms with van der Waals surface area (Å²) in [6, 6.07) is 5.60. The normalized spacial score (nSPS) is 9.18. The van der Waals surface area contributed by atoms with Gasteiger partial charge in [-0.25, -0.2) is 0 Å². The molecule has 0 aliphatic heterocycles. The molecule has 0 unspecified atom stereocenters. The van der Waals surface area contributed by atoms with Crippen LogP contribution in [0.5, 0.6) is 0 Å². The number of carbonyl (C=O) groups is 1. The Morgan fingerprint density at radius 2 is 2.35 bits per heavy atom. The van der Waals surface area contributed by atoms with Gasteiger partial charge in [0, 0.05) is 12.1 Å². The number of hydrogen-bond donors (Lipinski definition) is 1. The van der Waals surface area contributed by atoms with Crippen molar-refractivity contribution in [2.45, 2.75) is 0 Å². The summed E-state index contributed by atoms with van der Waals surface area (Å²) >= 11 is 0. The molecule has 0 radical (unpaired) electrons. The smallest absolute Gasteiger partial charge is 0.325 e. The number of nitrogens with zero attached hydrogens (tertiary/aromatic N) is 2. The van der Waals surface area contributed by atoms with Crippen LogP contribution < -0.4 is 5.32 Å². The van der Waals surface area contributed by atoms with E-state index in [0.717, 1.165) is 0 Å². The Morgan fingerprint density at radius 3 is 2.88 bits per heavy atom. The summed E-state index contributed by atoms with van der Waals surface area (Å²) in [5.74, 6) is -0.527. The van der Waals surface area contributed by atoms with Crippen LogP contribution in [0.15, 0.2) is 18.2 Å². The molecule has 1 aromatic carbocycles. The number of esters is 1. The number of ether oxygens (including phenoxy) is 1. The second-order valence-electron chi connectivity index (χ2n) is 3.03. The van der Waals surface area contributed by atoms with Crippen molar-refractivity contribution in [3.05, 3.63) is 33.9 Å². The molecule has 0 spiro atoms. The van der Waals surface area contributed by atoms with Crippen LogP contribution in [0.25, 0.3) is 0 Å². The molecule has 0 aromatic heterocycles. The topological polar surface area (TPSA) is 105 Å². The van der Waals surface area contributed by atoms with Crippen molar-refractivity contribution in [3.63, 3.8) is 0 Å². The van der Waals surface area contributed by atoms with Gasteiger partial charge < -0.3 is 10.1 Å². The molecular weight excluding hydrogens is 226 g/mol. The van der Waals surface area contributed by atoms with Crippen LogP contribution in [0, 0.1) is 21.4 Å². The van der Waals surface area contributed by atoms with Crippen molar-refractivity contribution < 1.29 is 14.5 Å². The van der Waals surface area contributed by atoms with E-state index in [1.165, 1.54) is 25.3 Å². The Labute approximate surface area is 96.8 Å². The van der Waals surface area contributed by atoms with Gasteiger partial charge in [-0.1, -0.05) is 0 Å². The second-order valence-corrected chi connectivity index (χ2v) is 3.03. The quantitative estimate of drug-likeness (QED) is 0.475.